The molecule has 140 valence electrons. The molecule has 1 amide bonds. The van der Waals surface area contributed by atoms with Crippen molar-refractivity contribution in [2.75, 3.05) is 33.1 Å². The van der Waals surface area contributed by atoms with Crippen molar-refractivity contribution in [3.8, 4) is 11.5 Å². The lowest BCUT2D eigenvalue weighted by Gasteiger charge is -2.19. The molecule has 0 aliphatic carbocycles. The summed E-state index contributed by atoms with van der Waals surface area (Å²) in [6.07, 6.45) is 0. The highest BCUT2D eigenvalue weighted by Crippen LogP contribution is 2.30. The Bertz CT molecular complexity index is 797. The molecule has 0 fully saturated rings. The number of anilines is 1. The lowest BCUT2D eigenvalue weighted by atomic mass is 10.1. The molecule has 7 heteroatoms. The smallest absolute Gasteiger partial charge is 0.238 e. The number of aryl methyl sites for hydroxylation is 1. The molecule has 0 heterocycles. The molecule has 2 rings (SSSR count). The van der Waals surface area contributed by atoms with Crippen molar-refractivity contribution in [1.29, 1.82) is 0 Å². The molecule has 5 nitrogen and oxygen atoms in total. The minimum absolute atomic E-state index is 0.158. The molecular weight excluding hydrogens is 375 g/mol. The Balaban J connectivity index is 2.01. The van der Waals surface area contributed by atoms with E-state index in [1.165, 1.54) is 0 Å². The van der Waals surface area contributed by atoms with E-state index >= 15 is 0 Å². The number of halogens is 2. The van der Waals surface area contributed by atoms with E-state index in [2.05, 4.69) is 5.32 Å². The zero-order valence-corrected chi connectivity index (χ0v) is 16.7. The summed E-state index contributed by atoms with van der Waals surface area (Å²) in [6.45, 7) is 2.80. The third-order valence-electron chi connectivity index (χ3n) is 3.90. The second kappa shape index (κ2) is 9.12. The Hall–Kier alpha value is -1.95. The molecule has 0 radical (unpaired) electrons. The molecule has 0 saturated heterocycles. The van der Waals surface area contributed by atoms with Gasteiger partial charge in [-0.15, -0.1) is 0 Å². The van der Waals surface area contributed by atoms with Crippen molar-refractivity contribution < 1.29 is 14.3 Å². The molecule has 1 N–H and O–H groups in total. The first-order valence-electron chi connectivity index (χ1n) is 7.99. The normalized spacial score (nSPS) is 10.7. The van der Waals surface area contributed by atoms with Crippen LogP contribution in [-0.2, 0) is 11.3 Å². The third-order valence-corrected chi connectivity index (χ3v) is 4.45. The van der Waals surface area contributed by atoms with Crippen molar-refractivity contribution in [3.63, 3.8) is 0 Å². The molecule has 0 aliphatic rings. The lowest BCUT2D eigenvalue weighted by Crippen LogP contribution is -2.30. The van der Waals surface area contributed by atoms with Crippen LogP contribution < -0.4 is 14.8 Å². The fourth-order valence-corrected chi connectivity index (χ4v) is 3.02. The Morgan fingerprint density at radius 2 is 1.77 bits per heavy atom. The lowest BCUT2D eigenvalue weighted by molar-refractivity contribution is -0.117. The maximum atomic E-state index is 12.3. The monoisotopic (exact) mass is 396 g/mol. The highest BCUT2D eigenvalue weighted by Gasteiger charge is 2.13. The molecule has 0 aliphatic heterocycles. The van der Waals surface area contributed by atoms with E-state index in [1.807, 2.05) is 31.0 Å². The number of nitrogens with one attached hydrogen (secondary N) is 1. The van der Waals surface area contributed by atoms with Crippen LogP contribution in [0.25, 0.3) is 0 Å². The van der Waals surface area contributed by atoms with Gasteiger partial charge in [-0.05, 0) is 55.4 Å². The molecule has 26 heavy (non-hydrogen) atoms. The van der Waals surface area contributed by atoms with Crippen LogP contribution in [0, 0.1) is 6.92 Å². The van der Waals surface area contributed by atoms with E-state index in [0.29, 0.717) is 33.8 Å². The number of carbonyl (C=O) groups excluding carboxylic acids is 1. The molecular formula is C19H22Cl2N2O3. The fraction of sp³-hybridized carbons (Fsp3) is 0.316. The average molecular weight is 397 g/mol. The molecule has 0 spiro atoms. The number of hydrogen-bond donors (Lipinski definition) is 1. The van der Waals surface area contributed by atoms with Gasteiger partial charge in [0.15, 0.2) is 11.5 Å². The molecule has 2 aromatic rings. The first-order chi connectivity index (χ1) is 12.3. The standard InChI is InChI=1S/C19H22Cl2N2O3/c1-12-7-17(25-3)18(26-4)8-13(12)10-23(2)11-19(24)22-16-6-5-14(20)9-15(16)21/h5-9H,10-11H2,1-4H3,(H,22,24). The average Bonchev–Trinajstić information content (AvgIpc) is 2.58. The van der Waals surface area contributed by atoms with Crippen LogP contribution in [0.4, 0.5) is 5.69 Å². The summed E-state index contributed by atoms with van der Waals surface area (Å²) in [5, 5.41) is 3.72. The van der Waals surface area contributed by atoms with Crippen LogP contribution in [0.2, 0.25) is 10.0 Å². The SMILES string of the molecule is COc1cc(C)c(CN(C)CC(=O)Nc2ccc(Cl)cc2Cl)cc1OC. The van der Waals surface area contributed by atoms with E-state index in [0.717, 1.165) is 11.1 Å². The number of likely N-dealkylation sites (N-methyl/N-ethyl adjacent to an activating group) is 1. The van der Waals surface area contributed by atoms with E-state index in [4.69, 9.17) is 32.7 Å². The number of rotatable bonds is 7. The predicted octanol–water partition coefficient (Wildman–Crippen LogP) is 4.39. The number of benzene rings is 2. The van der Waals surface area contributed by atoms with Crippen LogP contribution in [-0.4, -0.2) is 38.6 Å². The largest absolute Gasteiger partial charge is 0.493 e. The zero-order chi connectivity index (χ0) is 19.3. The third kappa shape index (κ3) is 5.27. The minimum atomic E-state index is -0.158. The second-order valence-electron chi connectivity index (χ2n) is 5.98. The first kappa shape index (κ1) is 20.4. The van der Waals surface area contributed by atoms with Crippen LogP contribution in [0.15, 0.2) is 30.3 Å². The molecule has 0 aromatic heterocycles. The summed E-state index contributed by atoms with van der Waals surface area (Å²) in [4.78, 5) is 14.2. The van der Waals surface area contributed by atoms with Gasteiger partial charge in [0, 0.05) is 11.6 Å². The summed E-state index contributed by atoms with van der Waals surface area (Å²) in [7, 11) is 5.08. The Morgan fingerprint density at radius 3 is 2.38 bits per heavy atom. The van der Waals surface area contributed by atoms with Gasteiger partial charge in [-0.2, -0.15) is 0 Å². The molecule has 0 unspecified atom stereocenters. The van der Waals surface area contributed by atoms with E-state index < -0.39 is 0 Å². The van der Waals surface area contributed by atoms with E-state index in [9.17, 15) is 4.79 Å². The van der Waals surface area contributed by atoms with Gasteiger partial charge in [0.2, 0.25) is 5.91 Å². The summed E-state index contributed by atoms with van der Waals surface area (Å²) < 4.78 is 10.7. The van der Waals surface area contributed by atoms with Crippen molar-refractivity contribution in [2.24, 2.45) is 0 Å². The quantitative estimate of drug-likeness (QED) is 0.753. The van der Waals surface area contributed by atoms with Crippen LogP contribution >= 0.6 is 23.2 Å². The van der Waals surface area contributed by atoms with Gasteiger partial charge in [0.1, 0.15) is 0 Å². The summed E-state index contributed by atoms with van der Waals surface area (Å²) in [6, 6.07) is 8.81. The number of carbonyl (C=O) groups is 1. The van der Waals surface area contributed by atoms with E-state index in [1.54, 1.807) is 32.4 Å². The number of nitrogens with zero attached hydrogens (tertiary/aromatic N) is 1. The zero-order valence-electron chi connectivity index (χ0n) is 15.2. The van der Waals surface area contributed by atoms with Gasteiger partial charge < -0.3 is 14.8 Å². The Kier molecular flexibility index (Phi) is 7.14. The highest BCUT2D eigenvalue weighted by molar-refractivity contribution is 6.36. The topological polar surface area (TPSA) is 50.8 Å². The first-order valence-corrected chi connectivity index (χ1v) is 8.74. The van der Waals surface area contributed by atoms with E-state index in [-0.39, 0.29) is 12.5 Å². The highest BCUT2D eigenvalue weighted by atomic mass is 35.5. The van der Waals surface area contributed by atoms with Crippen molar-refractivity contribution in [3.05, 3.63) is 51.5 Å². The molecule has 0 bridgehead atoms. The van der Waals surface area contributed by atoms with Gasteiger partial charge in [0.25, 0.3) is 0 Å². The van der Waals surface area contributed by atoms with Gasteiger partial charge >= 0.3 is 0 Å². The van der Waals surface area contributed by atoms with Gasteiger partial charge in [-0.3, -0.25) is 9.69 Å². The number of ether oxygens (including phenoxy) is 2. The van der Waals surface area contributed by atoms with Crippen molar-refractivity contribution >= 4 is 34.8 Å². The summed E-state index contributed by atoms with van der Waals surface area (Å²) in [5.74, 6) is 1.19. The van der Waals surface area contributed by atoms with Gasteiger partial charge in [-0.25, -0.2) is 0 Å². The summed E-state index contributed by atoms with van der Waals surface area (Å²) >= 11 is 11.9. The Morgan fingerprint density at radius 1 is 1.12 bits per heavy atom. The van der Waals surface area contributed by atoms with Gasteiger partial charge in [0.05, 0.1) is 31.5 Å². The predicted molar refractivity (Wildman–Crippen MR) is 106 cm³/mol. The second-order valence-corrected chi connectivity index (χ2v) is 6.82. The van der Waals surface area contributed by atoms with Crippen molar-refractivity contribution in [1.82, 2.24) is 4.90 Å². The fourth-order valence-electron chi connectivity index (χ4n) is 2.57. The molecule has 0 atom stereocenters. The maximum Gasteiger partial charge on any atom is 0.238 e. The number of methoxy groups -OCH3 is 2. The molecule has 2 aromatic carbocycles. The van der Waals surface area contributed by atoms with Crippen LogP contribution in [0.3, 0.4) is 0 Å². The molecule has 0 saturated carbocycles. The van der Waals surface area contributed by atoms with Crippen LogP contribution in [0.1, 0.15) is 11.1 Å². The summed E-state index contributed by atoms with van der Waals surface area (Å²) in [5.41, 5.74) is 2.66. The minimum Gasteiger partial charge on any atom is -0.493 e. The number of amides is 1. The van der Waals surface area contributed by atoms with Gasteiger partial charge in [-0.1, -0.05) is 23.2 Å². The number of hydrogen-bond acceptors (Lipinski definition) is 4. The van der Waals surface area contributed by atoms with Crippen molar-refractivity contribution in [2.45, 2.75) is 13.5 Å². The van der Waals surface area contributed by atoms with Crippen LogP contribution in [0.5, 0.6) is 11.5 Å². The maximum absolute atomic E-state index is 12.3. The Labute approximate surface area is 163 Å².